The first-order valence-corrected chi connectivity index (χ1v) is 12.1. The Labute approximate surface area is 199 Å². The lowest BCUT2D eigenvalue weighted by Crippen LogP contribution is -2.43. The van der Waals surface area contributed by atoms with Crippen LogP contribution in [-0.4, -0.2) is 30.9 Å². The second-order valence-electron chi connectivity index (χ2n) is 9.58. The van der Waals surface area contributed by atoms with Crippen LogP contribution in [0.3, 0.4) is 0 Å². The van der Waals surface area contributed by atoms with E-state index in [-0.39, 0.29) is 28.7 Å². The van der Waals surface area contributed by atoms with Gasteiger partial charge in [-0.1, -0.05) is 38.0 Å². The summed E-state index contributed by atoms with van der Waals surface area (Å²) in [5, 5.41) is 3.22. The SMILES string of the molecule is COC(=O)[C@H]1C(=O)C2=C(C[C@@H]1C)NC(C)=C(C(=O)OC1CCCCCC1)[C@@H]2c1ccccc1F. The molecule has 0 amide bonds. The van der Waals surface area contributed by atoms with E-state index < -0.39 is 35.4 Å². The molecule has 4 rings (SSSR count). The summed E-state index contributed by atoms with van der Waals surface area (Å²) in [6.45, 7) is 3.57. The van der Waals surface area contributed by atoms with Crippen LogP contribution in [0.1, 0.15) is 70.3 Å². The van der Waals surface area contributed by atoms with Crippen molar-refractivity contribution in [3.8, 4) is 0 Å². The summed E-state index contributed by atoms with van der Waals surface area (Å²) < 4.78 is 25.9. The highest BCUT2D eigenvalue weighted by Gasteiger charge is 2.48. The zero-order valence-electron chi connectivity index (χ0n) is 20.0. The molecule has 0 bridgehead atoms. The molecule has 2 aliphatic carbocycles. The Morgan fingerprint density at radius 1 is 1.09 bits per heavy atom. The number of methoxy groups -OCH3 is 1. The Bertz CT molecular complexity index is 1050. The fourth-order valence-corrected chi connectivity index (χ4v) is 5.55. The van der Waals surface area contributed by atoms with Gasteiger partial charge in [0.25, 0.3) is 0 Å². The van der Waals surface area contributed by atoms with Crippen molar-refractivity contribution in [3.05, 3.63) is 58.2 Å². The molecule has 1 aromatic carbocycles. The first kappa shape index (κ1) is 24.2. The van der Waals surface area contributed by atoms with Crippen LogP contribution < -0.4 is 5.32 Å². The zero-order valence-corrected chi connectivity index (χ0v) is 20.0. The van der Waals surface area contributed by atoms with Crippen molar-refractivity contribution >= 4 is 17.7 Å². The molecule has 1 N–H and O–H groups in total. The predicted octanol–water partition coefficient (Wildman–Crippen LogP) is 4.70. The number of ether oxygens (including phenoxy) is 2. The number of allylic oxidation sites excluding steroid dienone is 3. The number of halogens is 1. The van der Waals surface area contributed by atoms with E-state index >= 15 is 4.39 Å². The Balaban J connectivity index is 1.78. The summed E-state index contributed by atoms with van der Waals surface area (Å²) in [4.78, 5) is 39.7. The highest BCUT2D eigenvalue weighted by molar-refractivity contribution is 6.12. The molecule has 3 aliphatic rings. The number of nitrogens with one attached hydrogen (secondary N) is 1. The summed E-state index contributed by atoms with van der Waals surface area (Å²) in [5.74, 6) is -4.37. The van der Waals surface area contributed by atoms with Crippen LogP contribution in [0.15, 0.2) is 46.8 Å². The third-order valence-corrected chi connectivity index (χ3v) is 7.26. The third kappa shape index (κ3) is 4.52. The van der Waals surface area contributed by atoms with Gasteiger partial charge in [-0.05, 0) is 51.0 Å². The molecule has 1 heterocycles. The minimum absolute atomic E-state index is 0.197. The van der Waals surface area contributed by atoms with Crippen molar-refractivity contribution in [1.29, 1.82) is 0 Å². The van der Waals surface area contributed by atoms with Crippen molar-refractivity contribution in [3.63, 3.8) is 0 Å². The van der Waals surface area contributed by atoms with Crippen molar-refractivity contribution in [2.45, 2.75) is 70.8 Å². The van der Waals surface area contributed by atoms with E-state index in [2.05, 4.69) is 5.32 Å². The molecule has 0 radical (unpaired) electrons. The molecule has 6 nitrogen and oxygen atoms in total. The average molecular weight is 470 g/mol. The molecule has 7 heteroatoms. The first-order valence-electron chi connectivity index (χ1n) is 12.1. The number of rotatable bonds is 4. The highest BCUT2D eigenvalue weighted by Crippen LogP contribution is 2.46. The van der Waals surface area contributed by atoms with E-state index in [1.165, 1.54) is 13.2 Å². The molecule has 0 aromatic heterocycles. The summed E-state index contributed by atoms with van der Waals surface area (Å²) in [6, 6.07) is 6.14. The zero-order chi connectivity index (χ0) is 24.4. The molecule has 1 aliphatic heterocycles. The van der Waals surface area contributed by atoms with Crippen LogP contribution in [0.5, 0.6) is 0 Å². The standard InChI is InChI=1S/C27H32FNO5/c1-15-14-20-24(25(30)21(15)26(31)33-3)23(18-12-8-9-13-19(18)28)22(16(2)29-20)27(32)34-17-10-6-4-5-7-11-17/h8-9,12-13,15,17,21,23,29H,4-7,10-11,14H2,1-3H3/t15-,21+,23-/m0/s1. The number of esters is 2. The van der Waals surface area contributed by atoms with Gasteiger partial charge in [0.05, 0.1) is 18.6 Å². The molecule has 34 heavy (non-hydrogen) atoms. The maximum absolute atomic E-state index is 15.1. The second-order valence-corrected chi connectivity index (χ2v) is 9.58. The molecule has 1 aromatic rings. The van der Waals surface area contributed by atoms with Gasteiger partial charge in [-0.15, -0.1) is 0 Å². The summed E-state index contributed by atoms with van der Waals surface area (Å²) >= 11 is 0. The summed E-state index contributed by atoms with van der Waals surface area (Å²) in [7, 11) is 1.25. The van der Waals surface area contributed by atoms with Crippen LogP contribution in [-0.2, 0) is 23.9 Å². The minimum Gasteiger partial charge on any atom is -0.468 e. The number of Topliss-reactive ketones (excluding diaryl/α,β-unsaturated/α-hetero) is 1. The van der Waals surface area contributed by atoms with Gasteiger partial charge in [0.15, 0.2) is 5.78 Å². The van der Waals surface area contributed by atoms with Crippen molar-refractivity contribution in [2.24, 2.45) is 11.8 Å². The predicted molar refractivity (Wildman–Crippen MR) is 124 cm³/mol. The van der Waals surface area contributed by atoms with Crippen LogP contribution in [0.25, 0.3) is 0 Å². The van der Waals surface area contributed by atoms with Gasteiger partial charge < -0.3 is 14.8 Å². The smallest absolute Gasteiger partial charge is 0.337 e. The molecular weight excluding hydrogens is 437 g/mol. The molecule has 182 valence electrons. The number of hydrogen-bond acceptors (Lipinski definition) is 6. The lowest BCUT2D eigenvalue weighted by Gasteiger charge is -2.38. The Kier molecular flexibility index (Phi) is 7.19. The van der Waals surface area contributed by atoms with Crippen LogP contribution >= 0.6 is 0 Å². The van der Waals surface area contributed by atoms with Gasteiger partial charge in [0.1, 0.15) is 17.8 Å². The summed E-state index contributed by atoms with van der Waals surface area (Å²) in [6.07, 6.45) is 6.04. The second kappa shape index (κ2) is 10.1. The number of benzene rings is 1. The van der Waals surface area contributed by atoms with E-state index in [0.717, 1.165) is 38.5 Å². The molecule has 0 unspecified atom stereocenters. The molecule has 1 saturated carbocycles. The largest absolute Gasteiger partial charge is 0.468 e. The van der Waals surface area contributed by atoms with Gasteiger partial charge in [-0.2, -0.15) is 0 Å². The van der Waals surface area contributed by atoms with Crippen LogP contribution in [0, 0.1) is 17.7 Å². The molecule has 3 atom stereocenters. The molecule has 1 fully saturated rings. The highest BCUT2D eigenvalue weighted by atomic mass is 19.1. The Morgan fingerprint density at radius 3 is 2.41 bits per heavy atom. The minimum atomic E-state index is -1.00. The summed E-state index contributed by atoms with van der Waals surface area (Å²) in [5.41, 5.74) is 1.85. The number of carbonyl (C=O) groups is 3. The van der Waals surface area contributed by atoms with E-state index in [1.54, 1.807) is 25.1 Å². The van der Waals surface area contributed by atoms with Crippen molar-refractivity contribution in [2.75, 3.05) is 7.11 Å². The van der Waals surface area contributed by atoms with E-state index in [4.69, 9.17) is 9.47 Å². The topological polar surface area (TPSA) is 81.7 Å². The van der Waals surface area contributed by atoms with Gasteiger partial charge >= 0.3 is 11.9 Å². The van der Waals surface area contributed by atoms with E-state index in [0.29, 0.717) is 17.8 Å². The van der Waals surface area contributed by atoms with E-state index in [1.807, 2.05) is 6.92 Å². The van der Waals surface area contributed by atoms with Crippen molar-refractivity contribution < 1.29 is 28.2 Å². The lowest BCUT2D eigenvalue weighted by atomic mass is 9.69. The number of hydrogen-bond donors (Lipinski definition) is 1. The van der Waals surface area contributed by atoms with Gasteiger partial charge in [0.2, 0.25) is 0 Å². The van der Waals surface area contributed by atoms with Gasteiger partial charge in [-0.3, -0.25) is 9.59 Å². The third-order valence-electron chi connectivity index (χ3n) is 7.26. The van der Waals surface area contributed by atoms with Crippen LogP contribution in [0.4, 0.5) is 4.39 Å². The fourth-order valence-electron chi connectivity index (χ4n) is 5.55. The Hall–Kier alpha value is -2.96. The van der Waals surface area contributed by atoms with Crippen LogP contribution in [0.2, 0.25) is 0 Å². The quantitative estimate of drug-likeness (QED) is 0.391. The Morgan fingerprint density at radius 2 is 1.76 bits per heavy atom. The normalized spacial score (nSPS) is 25.9. The molecule has 0 saturated heterocycles. The molecule has 0 spiro atoms. The monoisotopic (exact) mass is 469 g/mol. The average Bonchev–Trinajstić information content (AvgIpc) is 3.06. The maximum Gasteiger partial charge on any atom is 0.337 e. The van der Waals surface area contributed by atoms with Gasteiger partial charge in [-0.25, -0.2) is 9.18 Å². The molecular formula is C27H32FNO5. The van der Waals surface area contributed by atoms with E-state index in [9.17, 15) is 14.4 Å². The fraction of sp³-hybridized carbons (Fsp3) is 0.519. The van der Waals surface area contributed by atoms with Crippen molar-refractivity contribution in [1.82, 2.24) is 5.32 Å². The maximum atomic E-state index is 15.1. The first-order chi connectivity index (χ1) is 16.3. The number of carbonyl (C=O) groups excluding carboxylic acids is 3. The lowest BCUT2D eigenvalue weighted by molar-refractivity contribution is -0.151. The number of dihydropyridines is 1. The van der Waals surface area contributed by atoms with Gasteiger partial charge in [0, 0.05) is 22.5 Å². The number of ketones is 1.